The van der Waals surface area contributed by atoms with Gasteiger partial charge in [-0.1, -0.05) is 72.8 Å². The molecule has 7 aromatic rings. The Hall–Kier alpha value is -4.69. The van der Waals surface area contributed by atoms with Crippen molar-refractivity contribution >= 4 is 42.4 Å². The molecular weight excluding hydrogens is 580 g/mol. The van der Waals surface area contributed by atoms with Gasteiger partial charge < -0.3 is 0 Å². The Balaban J connectivity index is 1.22. The summed E-state index contributed by atoms with van der Waals surface area (Å²) in [4.78, 5) is 4.49. The highest BCUT2D eigenvalue weighted by atomic mass is 32.1. The van der Waals surface area contributed by atoms with Crippen molar-refractivity contribution in [1.29, 1.82) is 0 Å². The highest BCUT2D eigenvalue weighted by Gasteiger charge is 2.37. The van der Waals surface area contributed by atoms with Crippen LogP contribution in [-0.2, 0) is 12.4 Å². The van der Waals surface area contributed by atoms with Gasteiger partial charge in [0.05, 0.1) is 16.6 Å². The molecule has 5 aromatic carbocycles. The first-order chi connectivity index (χ1) is 20.5. The maximum atomic E-state index is 13.4. The Labute approximate surface area is 245 Å². The number of rotatable bonds is 3. The number of thiophene rings is 1. The van der Waals surface area contributed by atoms with Crippen molar-refractivity contribution in [1.82, 2.24) is 4.98 Å². The Bertz CT molecular complexity index is 2130. The summed E-state index contributed by atoms with van der Waals surface area (Å²) in [7, 11) is 0. The van der Waals surface area contributed by atoms with Gasteiger partial charge in [-0.15, -0.1) is 11.3 Å². The summed E-state index contributed by atoms with van der Waals surface area (Å²) in [6.07, 6.45) is -8.18. The van der Waals surface area contributed by atoms with Crippen molar-refractivity contribution in [2.45, 2.75) is 12.4 Å². The molecule has 2 aromatic heterocycles. The summed E-state index contributed by atoms with van der Waals surface area (Å²) >= 11 is 1.77. The molecular formula is C35H19F6NS. The molecule has 1 nitrogen and oxygen atoms in total. The van der Waals surface area contributed by atoms with E-state index in [1.54, 1.807) is 23.6 Å². The molecule has 212 valence electrons. The third-order valence-electron chi connectivity index (χ3n) is 7.54. The van der Waals surface area contributed by atoms with Gasteiger partial charge >= 0.3 is 12.4 Å². The van der Waals surface area contributed by atoms with E-state index in [2.05, 4.69) is 47.4 Å². The van der Waals surface area contributed by atoms with Gasteiger partial charge in [0.1, 0.15) is 0 Å². The lowest BCUT2D eigenvalue weighted by Crippen LogP contribution is -2.11. The van der Waals surface area contributed by atoms with E-state index in [4.69, 9.17) is 0 Å². The molecule has 0 spiro atoms. The molecule has 0 saturated heterocycles. The largest absolute Gasteiger partial charge is 0.416 e. The first-order valence-corrected chi connectivity index (χ1v) is 14.1. The Morgan fingerprint density at radius 3 is 1.88 bits per heavy atom. The van der Waals surface area contributed by atoms with Crippen molar-refractivity contribution in [3.05, 3.63) is 127 Å². The van der Waals surface area contributed by atoms with E-state index in [-0.39, 0.29) is 17.2 Å². The van der Waals surface area contributed by atoms with Crippen LogP contribution in [0.25, 0.3) is 64.5 Å². The minimum atomic E-state index is -4.92. The normalized spacial score (nSPS) is 12.4. The minimum absolute atomic E-state index is 0.128. The van der Waals surface area contributed by atoms with E-state index in [9.17, 15) is 26.3 Å². The van der Waals surface area contributed by atoms with Gasteiger partial charge in [0.2, 0.25) is 0 Å². The second-order valence-corrected chi connectivity index (χ2v) is 11.3. The maximum absolute atomic E-state index is 13.4. The minimum Gasteiger partial charge on any atom is -0.256 e. The van der Waals surface area contributed by atoms with E-state index < -0.39 is 23.5 Å². The van der Waals surface area contributed by atoms with E-state index in [0.717, 1.165) is 34.4 Å². The fourth-order valence-corrected chi connectivity index (χ4v) is 6.64. The molecule has 0 saturated carbocycles. The van der Waals surface area contributed by atoms with Gasteiger partial charge in [0.25, 0.3) is 0 Å². The predicted octanol–water partition coefficient (Wildman–Crippen LogP) is 11.6. The molecule has 7 rings (SSSR count). The summed E-state index contributed by atoms with van der Waals surface area (Å²) in [6.45, 7) is 0. The molecule has 8 heteroatoms. The molecule has 0 aliphatic heterocycles. The zero-order valence-corrected chi connectivity index (χ0v) is 22.9. The molecule has 0 unspecified atom stereocenters. The molecule has 43 heavy (non-hydrogen) atoms. The number of halogens is 6. The zero-order valence-electron chi connectivity index (χ0n) is 22.1. The molecule has 2 heterocycles. The SMILES string of the molecule is FC(F)(F)c1cc(-c2ccc3cc(-c4ccc(-c5cccc6c5sc5ccccc56)cc4)cnc3c2)cc(C(F)(F)F)c1. The van der Waals surface area contributed by atoms with Crippen LogP contribution >= 0.6 is 11.3 Å². The fourth-order valence-electron chi connectivity index (χ4n) is 5.40. The number of nitrogens with zero attached hydrogens (tertiary/aromatic N) is 1. The number of hydrogen-bond acceptors (Lipinski definition) is 2. The van der Waals surface area contributed by atoms with Crippen molar-refractivity contribution in [2.75, 3.05) is 0 Å². The van der Waals surface area contributed by atoms with Crippen LogP contribution < -0.4 is 0 Å². The standard InChI is InChI=1S/C35H19F6NS/c36-34(37,38)26-15-24(16-27(18-26)35(39,40)41)22-12-13-23-14-25(19-42-31(23)17-22)20-8-10-21(11-9-20)28-5-3-6-30-29-4-1-2-7-32(29)43-33(28)30/h1-19H. The number of pyridine rings is 1. The predicted molar refractivity (Wildman–Crippen MR) is 161 cm³/mol. The molecule has 0 amide bonds. The van der Waals surface area contributed by atoms with Gasteiger partial charge in [-0.2, -0.15) is 26.3 Å². The molecule has 0 N–H and O–H groups in total. The summed E-state index contributed by atoms with van der Waals surface area (Å²) in [6, 6.07) is 31.0. The highest BCUT2D eigenvalue weighted by molar-refractivity contribution is 7.26. The molecule has 0 radical (unpaired) electrons. The van der Waals surface area contributed by atoms with Crippen molar-refractivity contribution in [3.63, 3.8) is 0 Å². The van der Waals surface area contributed by atoms with Gasteiger partial charge in [0.15, 0.2) is 0 Å². The second-order valence-electron chi connectivity index (χ2n) is 10.3. The topological polar surface area (TPSA) is 12.9 Å². The van der Waals surface area contributed by atoms with E-state index >= 15 is 0 Å². The number of hydrogen-bond donors (Lipinski definition) is 0. The van der Waals surface area contributed by atoms with Crippen LogP contribution in [0.4, 0.5) is 26.3 Å². The van der Waals surface area contributed by atoms with E-state index in [1.165, 1.54) is 32.3 Å². The molecule has 0 atom stereocenters. The number of benzene rings is 5. The van der Waals surface area contributed by atoms with Crippen LogP contribution in [0, 0.1) is 0 Å². The van der Waals surface area contributed by atoms with Crippen molar-refractivity contribution in [2.24, 2.45) is 0 Å². The summed E-state index contributed by atoms with van der Waals surface area (Å²) in [5.41, 5.74) is 1.78. The Kier molecular flexibility index (Phi) is 6.29. The zero-order chi connectivity index (χ0) is 29.9. The van der Waals surface area contributed by atoms with Crippen LogP contribution in [-0.4, -0.2) is 4.98 Å². The van der Waals surface area contributed by atoms with Crippen molar-refractivity contribution < 1.29 is 26.3 Å². The van der Waals surface area contributed by atoms with E-state index in [0.29, 0.717) is 10.9 Å². The Morgan fingerprint density at radius 1 is 0.512 bits per heavy atom. The highest BCUT2D eigenvalue weighted by Crippen LogP contribution is 2.41. The fraction of sp³-hybridized carbons (Fsp3) is 0.0571. The first kappa shape index (κ1) is 27.2. The summed E-state index contributed by atoms with van der Waals surface area (Å²) < 4.78 is 82.7. The number of alkyl halides is 6. The summed E-state index contributed by atoms with van der Waals surface area (Å²) in [5, 5.41) is 3.17. The van der Waals surface area contributed by atoms with Gasteiger partial charge in [-0.05, 0) is 64.2 Å². The quantitative estimate of drug-likeness (QED) is 0.184. The molecule has 0 bridgehead atoms. The van der Waals surface area contributed by atoms with Crippen LogP contribution in [0.3, 0.4) is 0 Å². The van der Waals surface area contributed by atoms with Crippen LogP contribution in [0.2, 0.25) is 0 Å². The maximum Gasteiger partial charge on any atom is 0.416 e. The lowest BCUT2D eigenvalue weighted by Gasteiger charge is -2.14. The Morgan fingerprint density at radius 2 is 1.16 bits per heavy atom. The van der Waals surface area contributed by atoms with Gasteiger partial charge in [-0.3, -0.25) is 4.98 Å². The average molecular weight is 600 g/mol. The van der Waals surface area contributed by atoms with Gasteiger partial charge in [-0.25, -0.2) is 0 Å². The lowest BCUT2D eigenvalue weighted by atomic mass is 9.97. The van der Waals surface area contributed by atoms with Crippen LogP contribution in [0.1, 0.15) is 11.1 Å². The second kappa shape index (κ2) is 9.95. The van der Waals surface area contributed by atoms with Crippen molar-refractivity contribution in [3.8, 4) is 33.4 Å². The van der Waals surface area contributed by atoms with E-state index in [1.807, 2.05) is 30.3 Å². The first-order valence-electron chi connectivity index (χ1n) is 13.3. The molecule has 0 fully saturated rings. The monoisotopic (exact) mass is 599 g/mol. The number of fused-ring (bicyclic) bond motifs is 4. The molecule has 0 aliphatic carbocycles. The van der Waals surface area contributed by atoms with Crippen LogP contribution in [0.5, 0.6) is 0 Å². The lowest BCUT2D eigenvalue weighted by molar-refractivity contribution is -0.143. The molecule has 0 aliphatic rings. The van der Waals surface area contributed by atoms with Gasteiger partial charge in [0, 0.05) is 37.3 Å². The smallest absolute Gasteiger partial charge is 0.256 e. The number of aromatic nitrogens is 1. The van der Waals surface area contributed by atoms with Crippen LogP contribution in [0.15, 0.2) is 115 Å². The average Bonchev–Trinajstić information content (AvgIpc) is 3.38. The third kappa shape index (κ3) is 5.02. The summed E-state index contributed by atoms with van der Waals surface area (Å²) in [5.74, 6) is 0. The third-order valence-corrected chi connectivity index (χ3v) is 8.76.